The van der Waals surface area contributed by atoms with Gasteiger partial charge < -0.3 is 15.5 Å². The molecule has 32 heavy (non-hydrogen) atoms. The first-order valence-corrected chi connectivity index (χ1v) is 10.9. The van der Waals surface area contributed by atoms with Crippen molar-refractivity contribution in [1.29, 1.82) is 0 Å². The van der Waals surface area contributed by atoms with Gasteiger partial charge in [0.1, 0.15) is 17.4 Å². The second kappa shape index (κ2) is 7.67. The van der Waals surface area contributed by atoms with E-state index in [-0.39, 0.29) is 11.3 Å². The molecule has 3 N–H and O–H groups in total. The third-order valence-electron chi connectivity index (χ3n) is 6.64. The summed E-state index contributed by atoms with van der Waals surface area (Å²) in [7, 11) is 1.74. The van der Waals surface area contributed by atoms with Crippen molar-refractivity contribution in [2.24, 2.45) is 0 Å². The first kappa shape index (κ1) is 20.6. The van der Waals surface area contributed by atoms with Gasteiger partial charge in [-0.15, -0.1) is 0 Å². The number of thiocarbonyl (C=S) groups is 1. The molecule has 1 aliphatic heterocycles. The van der Waals surface area contributed by atoms with Gasteiger partial charge >= 0.3 is 0 Å². The van der Waals surface area contributed by atoms with Gasteiger partial charge in [-0.1, -0.05) is 42.5 Å². The van der Waals surface area contributed by atoms with Crippen LogP contribution >= 0.6 is 12.2 Å². The predicted octanol–water partition coefficient (Wildman–Crippen LogP) is 3.20. The van der Waals surface area contributed by atoms with Crippen molar-refractivity contribution in [3.05, 3.63) is 69.9 Å². The topological polar surface area (TPSA) is 90.1 Å². The Morgan fingerprint density at radius 3 is 2.72 bits per heavy atom. The number of likely N-dealkylation sites (N-methyl/N-ethyl adjacent to an activating group) is 1. The third-order valence-corrected chi connectivity index (χ3v) is 6.75. The Morgan fingerprint density at radius 2 is 2.06 bits per heavy atom. The van der Waals surface area contributed by atoms with Crippen LogP contribution in [0.1, 0.15) is 42.6 Å². The molecule has 0 radical (unpaired) electrons. The average molecular weight is 452 g/mol. The molecular formula is C23H22FN5O2S. The Labute approximate surface area is 189 Å². The van der Waals surface area contributed by atoms with Crippen molar-refractivity contribution in [3.63, 3.8) is 0 Å². The normalized spacial score (nSPS) is 20.7. The van der Waals surface area contributed by atoms with Crippen molar-refractivity contribution in [2.75, 3.05) is 12.4 Å². The van der Waals surface area contributed by atoms with Crippen LogP contribution in [0.25, 0.3) is 10.8 Å². The zero-order valence-corrected chi connectivity index (χ0v) is 18.2. The molecular weight excluding hydrogens is 429 g/mol. The number of hydrogen-bond acceptors (Lipinski definition) is 5. The molecule has 1 aliphatic carbocycles. The maximum atomic E-state index is 14.3. The lowest BCUT2D eigenvalue weighted by Crippen LogP contribution is -2.62. The number of benzene rings is 2. The van der Waals surface area contributed by atoms with E-state index >= 15 is 0 Å². The van der Waals surface area contributed by atoms with E-state index in [2.05, 4.69) is 20.8 Å². The molecule has 1 aromatic heterocycles. The molecule has 2 atom stereocenters. The maximum absolute atomic E-state index is 14.3. The molecule has 5 rings (SSSR count). The first-order valence-electron chi connectivity index (χ1n) is 10.5. The minimum Gasteiger partial charge on any atom is -0.375 e. The van der Waals surface area contributed by atoms with Gasteiger partial charge in [0.25, 0.3) is 5.56 Å². The van der Waals surface area contributed by atoms with Gasteiger partial charge in [-0.2, -0.15) is 5.10 Å². The number of carbonyl (C=O) groups excluding carboxylic acids is 1. The van der Waals surface area contributed by atoms with Crippen LogP contribution in [0.3, 0.4) is 0 Å². The number of amides is 1. The van der Waals surface area contributed by atoms with Crippen molar-refractivity contribution in [3.8, 4) is 0 Å². The number of anilines is 1. The highest BCUT2D eigenvalue weighted by molar-refractivity contribution is 7.78. The number of aromatic amines is 1. The molecule has 9 heteroatoms. The van der Waals surface area contributed by atoms with Crippen LogP contribution in [0.2, 0.25) is 0 Å². The van der Waals surface area contributed by atoms with Gasteiger partial charge in [-0.25, -0.2) is 9.49 Å². The molecule has 3 aromatic rings. The van der Waals surface area contributed by atoms with Crippen molar-refractivity contribution < 1.29 is 9.18 Å². The molecule has 1 fully saturated rings. The van der Waals surface area contributed by atoms with E-state index in [0.717, 1.165) is 12.0 Å². The summed E-state index contributed by atoms with van der Waals surface area (Å²) in [5.74, 6) is -0.611. The lowest BCUT2D eigenvalue weighted by molar-refractivity contribution is -0.142. The Kier molecular flexibility index (Phi) is 4.93. The van der Waals surface area contributed by atoms with Crippen molar-refractivity contribution >= 4 is 40.1 Å². The van der Waals surface area contributed by atoms with E-state index in [1.54, 1.807) is 11.9 Å². The minimum absolute atomic E-state index is 0.0932. The number of nitrogens with one attached hydrogen (secondary N) is 3. The van der Waals surface area contributed by atoms with E-state index in [1.165, 1.54) is 17.6 Å². The van der Waals surface area contributed by atoms with Gasteiger partial charge in [0, 0.05) is 18.1 Å². The van der Waals surface area contributed by atoms with Crippen LogP contribution in [0.4, 0.5) is 10.1 Å². The number of nitrogens with zero attached hydrogens (tertiary/aromatic N) is 2. The number of halogens is 1. The molecule has 2 aromatic carbocycles. The summed E-state index contributed by atoms with van der Waals surface area (Å²) in [4.78, 5) is 27.8. The zero-order chi connectivity index (χ0) is 22.5. The lowest BCUT2D eigenvalue weighted by Gasteiger charge is -2.46. The SMILES string of the molecule is CN(C(=O)C1(NC=S)CCC1)C1c2n[nH]c(=O)c3cc(F)cc(c23)NC1c1ccccc1. The van der Waals surface area contributed by atoms with Gasteiger partial charge in [0.2, 0.25) is 5.91 Å². The molecule has 1 saturated carbocycles. The van der Waals surface area contributed by atoms with Crippen LogP contribution in [0.15, 0.2) is 47.3 Å². The number of carbonyl (C=O) groups is 1. The van der Waals surface area contributed by atoms with Crippen LogP contribution in [-0.2, 0) is 4.79 Å². The molecule has 0 bridgehead atoms. The number of hydrogen-bond donors (Lipinski definition) is 3. The average Bonchev–Trinajstić information content (AvgIpc) is 2.77. The molecule has 2 aliphatic rings. The summed E-state index contributed by atoms with van der Waals surface area (Å²) < 4.78 is 14.3. The Morgan fingerprint density at radius 1 is 1.31 bits per heavy atom. The van der Waals surface area contributed by atoms with Crippen LogP contribution in [0.5, 0.6) is 0 Å². The van der Waals surface area contributed by atoms with Crippen molar-refractivity contribution in [2.45, 2.75) is 36.9 Å². The summed E-state index contributed by atoms with van der Waals surface area (Å²) in [5.41, 5.74) is 2.11. The molecule has 0 spiro atoms. The van der Waals surface area contributed by atoms with E-state index in [9.17, 15) is 14.0 Å². The molecule has 2 heterocycles. The minimum atomic E-state index is -0.734. The first-order chi connectivity index (χ1) is 15.4. The molecule has 2 unspecified atom stereocenters. The Balaban J connectivity index is 1.70. The summed E-state index contributed by atoms with van der Waals surface area (Å²) in [6.07, 6.45) is 2.31. The van der Waals surface area contributed by atoms with E-state index in [4.69, 9.17) is 12.2 Å². The van der Waals surface area contributed by atoms with Crippen molar-refractivity contribution in [1.82, 2.24) is 20.4 Å². The van der Waals surface area contributed by atoms with Crippen LogP contribution in [0, 0.1) is 5.82 Å². The van der Waals surface area contributed by atoms with Crippen LogP contribution in [-0.4, -0.2) is 39.1 Å². The predicted molar refractivity (Wildman–Crippen MR) is 124 cm³/mol. The number of aromatic nitrogens is 2. The fourth-order valence-electron chi connectivity index (χ4n) is 4.88. The molecule has 164 valence electrons. The second-order valence-electron chi connectivity index (χ2n) is 8.41. The molecule has 1 amide bonds. The smallest absolute Gasteiger partial charge is 0.272 e. The quantitative estimate of drug-likeness (QED) is 0.516. The monoisotopic (exact) mass is 451 g/mol. The zero-order valence-electron chi connectivity index (χ0n) is 17.4. The number of rotatable bonds is 5. The summed E-state index contributed by atoms with van der Waals surface area (Å²) in [6.45, 7) is 0. The highest BCUT2D eigenvalue weighted by Crippen LogP contribution is 2.46. The standard InChI is InChI=1S/C23H22FN5O2S/c1-29(22(31)23(25-12-32)8-5-9-23)20-18(13-6-3-2-4-7-13)26-16-11-14(24)10-15-17(16)19(20)27-28-21(15)30/h2-4,6-7,10-12,18,20,26H,5,8-9H2,1H3,(H,25,32)(H,28,30). The van der Waals surface area contributed by atoms with Gasteiger partial charge in [0.15, 0.2) is 0 Å². The summed E-state index contributed by atoms with van der Waals surface area (Å²) >= 11 is 4.99. The Hall–Kier alpha value is -3.33. The van der Waals surface area contributed by atoms with E-state index < -0.39 is 29.0 Å². The third kappa shape index (κ3) is 3.07. The highest BCUT2D eigenvalue weighted by Gasteiger charge is 2.48. The molecule has 0 saturated heterocycles. The lowest BCUT2D eigenvalue weighted by atomic mass is 9.75. The maximum Gasteiger partial charge on any atom is 0.272 e. The summed E-state index contributed by atoms with van der Waals surface area (Å²) in [5, 5.41) is 14.0. The molecule has 7 nitrogen and oxygen atoms in total. The fraction of sp³-hybridized carbons (Fsp3) is 0.304. The van der Waals surface area contributed by atoms with Crippen LogP contribution < -0.4 is 16.2 Å². The van der Waals surface area contributed by atoms with Gasteiger partial charge in [-0.05, 0) is 37.0 Å². The van der Waals surface area contributed by atoms with E-state index in [0.29, 0.717) is 29.6 Å². The van der Waals surface area contributed by atoms with Gasteiger partial charge in [0.05, 0.1) is 22.6 Å². The van der Waals surface area contributed by atoms with Gasteiger partial charge in [-0.3, -0.25) is 9.59 Å². The van der Waals surface area contributed by atoms with E-state index in [1.807, 2.05) is 30.3 Å². The number of H-pyrrole nitrogens is 1. The largest absolute Gasteiger partial charge is 0.375 e. The fourth-order valence-corrected chi connectivity index (χ4v) is 5.11. The Bertz CT molecular complexity index is 1270. The summed E-state index contributed by atoms with van der Waals surface area (Å²) in [6, 6.07) is 11.3. The highest BCUT2D eigenvalue weighted by atomic mass is 32.1. The second-order valence-corrected chi connectivity index (χ2v) is 8.64.